The van der Waals surface area contributed by atoms with Crippen LogP contribution in [-0.4, -0.2) is 49.8 Å². The Kier molecular flexibility index (Phi) is 4.85. The van der Waals surface area contributed by atoms with Gasteiger partial charge in [0.1, 0.15) is 0 Å². The van der Waals surface area contributed by atoms with Crippen molar-refractivity contribution >= 4 is 0 Å². The van der Waals surface area contributed by atoms with Crippen molar-refractivity contribution in [2.24, 2.45) is 0 Å². The van der Waals surface area contributed by atoms with Crippen molar-refractivity contribution in [3.8, 4) is 0 Å². The Morgan fingerprint density at radius 1 is 1.50 bits per heavy atom. The van der Waals surface area contributed by atoms with Gasteiger partial charge in [0, 0.05) is 25.2 Å². The van der Waals surface area contributed by atoms with E-state index in [4.69, 9.17) is 4.74 Å². The van der Waals surface area contributed by atoms with Crippen LogP contribution >= 0.6 is 0 Å². The highest BCUT2D eigenvalue weighted by Crippen LogP contribution is 2.13. The maximum Gasteiger partial charge on any atom is 0.0855 e. The number of morpholine rings is 1. The average Bonchev–Trinajstić information content (AvgIpc) is 2.20. The normalized spacial score (nSPS) is 26.8. The summed E-state index contributed by atoms with van der Waals surface area (Å²) in [6.45, 7) is 9.73. The van der Waals surface area contributed by atoms with Crippen LogP contribution in [0.3, 0.4) is 0 Å². The standard InChI is InChI=1S/C11H24N2O/c1-5-10(12-4)11-8-13(9(2)3)6-7-14-11/h9-12H,5-8H2,1-4H3. The van der Waals surface area contributed by atoms with Crippen molar-refractivity contribution in [3.05, 3.63) is 0 Å². The molecule has 1 rings (SSSR count). The highest BCUT2D eigenvalue weighted by molar-refractivity contribution is 4.82. The Bertz CT molecular complexity index is 157. The molecule has 0 saturated carbocycles. The van der Waals surface area contributed by atoms with Gasteiger partial charge in [-0.05, 0) is 27.3 Å². The fourth-order valence-corrected chi connectivity index (χ4v) is 2.06. The summed E-state index contributed by atoms with van der Waals surface area (Å²) in [6, 6.07) is 1.13. The smallest absolute Gasteiger partial charge is 0.0855 e. The Morgan fingerprint density at radius 3 is 2.71 bits per heavy atom. The van der Waals surface area contributed by atoms with E-state index < -0.39 is 0 Å². The SMILES string of the molecule is CCC(NC)C1CN(C(C)C)CCO1. The van der Waals surface area contributed by atoms with Crippen LogP contribution in [0.15, 0.2) is 0 Å². The highest BCUT2D eigenvalue weighted by Gasteiger charge is 2.26. The zero-order valence-electron chi connectivity index (χ0n) is 9.92. The second-order valence-corrected chi connectivity index (χ2v) is 4.30. The molecule has 1 aliphatic rings. The number of hydrogen-bond acceptors (Lipinski definition) is 3. The van der Waals surface area contributed by atoms with Crippen LogP contribution in [-0.2, 0) is 4.74 Å². The molecule has 3 heteroatoms. The molecule has 0 aromatic heterocycles. The first-order valence-electron chi connectivity index (χ1n) is 5.72. The van der Waals surface area contributed by atoms with E-state index in [-0.39, 0.29) is 0 Å². The Hall–Kier alpha value is -0.120. The van der Waals surface area contributed by atoms with E-state index in [1.807, 2.05) is 7.05 Å². The third kappa shape index (κ3) is 2.94. The van der Waals surface area contributed by atoms with Crippen molar-refractivity contribution in [1.82, 2.24) is 10.2 Å². The Morgan fingerprint density at radius 2 is 2.21 bits per heavy atom. The van der Waals surface area contributed by atoms with Gasteiger partial charge in [-0.2, -0.15) is 0 Å². The number of rotatable bonds is 4. The average molecular weight is 200 g/mol. The Balaban J connectivity index is 2.46. The van der Waals surface area contributed by atoms with Crippen molar-refractivity contribution in [2.45, 2.75) is 45.4 Å². The fraction of sp³-hybridized carbons (Fsp3) is 1.00. The number of ether oxygens (including phenoxy) is 1. The van der Waals surface area contributed by atoms with Crippen molar-refractivity contribution in [1.29, 1.82) is 0 Å². The molecule has 1 N–H and O–H groups in total. The summed E-state index contributed by atoms with van der Waals surface area (Å²) >= 11 is 0. The van der Waals surface area contributed by atoms with Gasteiger partial charge < -0.3 is 10.1 Å². The molecule has 0 amide bonds. The van der Waals surface area contributed by atoms with E-state index in [1.54, 1.807) is 0 Å². The molecule has 1 heterocycles. The lowest BCUT2D eigenvalue weighted by Crippen LogP contribution is -2.53. The maximum absolute atomic E-state index is 5.80. The summed E-state index contributed by atoms with van der Waals surface area (Å²) in [5.74, 6) is 0. The molecule has 1 aliphatic heterocycles. The molecule has 0 bridgehead atoms. The van der Waals surface area contributed by atoms with E-state index in [9.17, 15) is 0 Å². The monoisotopic (exact) mass is 200 g/mol. The van der Waals surface area contributed by atoms with Crippen LogP contribution in [0, 0.1) is 0 Å². The van der Waals surface area contributed by atoms with Gasteiger partial charge in [-0.3, -0.25) is 4.90 Å². The molecule has 0 aliphatic carbocycles. The molecule has 1 saturated heterocycles. The van der Waals surface area contributed by atoms with E-state index in [0.717, 1.165) is 26.1 Å². The predicted molar refractivity (Wildman–Crippen MR) is 59.6 cm³/mol. The molecular formula is C11H24N2O. The van der Waals surface area contributed by atoms with Crippen molar-refractivity contribution < 1.29 is 4.74 Å². The molecular weight excluding hydrogens is 176 g/mol. The summed E-state index contributed by atoms with van der Waals surface area (Å²) in [6.07, 6.45) is 1.49. The summed E-state index contributed by atoms with van der Waals surface area (Å²) in [7, 11) is 2.02. The van der Waals surface area contributed by atoms with Crippen LogP contribution in [0.25, 0.3) is 0 Å². The number of nitrogens with one attached hydrogen (secondary N) is 1. The predicted octanol–water partition coefficient (Wildman–Crippen LogP) is 1.09. The first-order chi connectivity index (χ1) is 6.69. The lowest BCUT2D eigenvalue weighted by molar-refractivity contribution is -0.0547. The number of likely N-dealkylation sites (N-methyl/N-ethyl adjacent to an activating group) is 1. The van der Waals surface area contributed by atoms with E-state index in [1.165, 1.54) is 0 Å². The lowest BCUT2D eigenvalue weighted by Gasteiger charge is -2.38. The van der Waals surface area contributed by atoms with Gasteiger partial charge in [-0.25, -0.2) is 0 Å². The zero-order valence-corrected chi connectivity index (χ0v) is 9.92. The minimum absolute atomic E-state index is 0.362. The van der Waals surface area contributed by atoms with Gasteiger partial charge in [0.2, 0.25) is 0 Å². The molecule has 0 aromatic carbocycles. The second-order valence-electron chi connectivity index (χ2n) is 4.30. The molecule has 0 aromatic rings. The molecule has 14 heavy (non-hydrogen) atoms. The van der Waals surface area contributed by atoms with Crippen LogP contribution in [0.5, 0.6) is 0 Å². The Labute approximate surface area is 87.8 Å². The van der Waals surface area contributed by atoms with E-state index in [2.05, 4.69) is 31.0 Å². The highest BCUT2D eigenvalue weighted by atomic mass is 16.5. The number of hydrogen-bond donors (Lipinski definition) is 1. The summed E-state index contributed by atoms with van der Waals surface area (Å²) in [5.41, 5.74) is 0. The van der Waals surface area contributed by atoms with Crippen molar-refractivity contribution in [3.63, 3.8) is 0 Å². The van der Waals surface area contributed by atoms with Gasteiger partial charge in [0.05, 0.1) is 12.7 Å². The third-order valence-electron chi connectivity index (χ3n) is 3.11. The molecule has 0 radical (unpaired) electrons. The largest absolute Gasteiger partial charge is 0.374 e. The maximum atomic E-state index is 5.80. The van der Waals surface area contributed by atoms with E-state index >= 15 is 0 Å². The third-order valence-corrected chi connectivity index (χ3v) is 3.11. The first-order valence-corrected chi connectivity index (χ1v) is 5.72. The summed E-state index contributed by atoms with van der Waals surface area (Å²) in [4.78, 5) is 2.49. The minimum atomic E-state index is 0.362. The summed E-state index contributed by atoms with van der Waals surface area (Å²) in [5, 5.41) is 3.33. The minimum Gasteiger partial charge on any atom is -0.374 e. The lowest BCUT2D eigenvalue weighted by atomic mass is 10.1. The van der Waals surface area contributed by atoms with Gasteiger partial charge in [-0.15, -0.1) is 0 Å². The second kappa shape index (κ2) is 5.69. The van der Waals surface area contributed by atoms with Crippen LogP contribution in [0.4, 0.5) is 0 Å². The van der Waals surface area contributed by atoms with Gasteiger partial charge in [0.25, 0.3) is 0 Å². The van der Waals surface area contributed by atoms with Crippen LogP contribution in [0.1, 0.15) is 27.2 Å². The van der Waals surface area contributed by atoms with E-state index in [0.29, 0.717) is 18.2 Å². The summed E-state index contributed by atoms with van der Waals surface area (Å²) < 4.78 is 5.80. The molecule has 3 nitrogen and oxygen atoms in total. The van der Waals surface area contributed by atoms with Gasteiger partial charge >= 0.3 is 0 Å². The molecule has 2 unspecified atom stereocenters. The fourth-order valence-electron chi connectivity index (χ4n) is 2.06. The zero-order chi connectivity index (χ0) is 10.6. The van der Waals surface area contributed by atoms with Gasteiger partial charge in [0.15, 0.2) is 0 Å². The van der Waals surface area contributed by atoms with Gasteiger partial charge in [-0.1, -0.05) is 6.92 Å². The molecule has 0 spiro atoms. The molecule has 1 fully saturated rings. The van der Waals surface area contributed by atoms with Crippen molar-refractivity contribution in [2.75, 3.05) is 26.7 Å². The first kappa shape index (κ1) is 12.0. The quantitative estimate of drug-likeness (QED) is 0.735. The molecule has 2 atom stereocenters. The van der Waals surface area contributed by atoms with Crippen LogP contribution in [0.2, 0.25) is 0 Å². The molecule has 84 valence electrons. The van der Waals surface area contributed by atoms with Crippen LogP contribution < -0.4 is 5.32 Å². The topological polar surface area (TPSA) is 24.5 Å². The number of nitrogens with zero attached hydrogens (tertiary/aromatic N) is 1.